The molecule has 3 aromatic rings. The summed E-state index contributed by atoms with van der Waals surface area (Å²) in [5.41, 5.74) is 1.39. The largest absolute Gasteiger partial charge is 0.455 e. The number of nitriles is 1. The second-order valence-corrected chi connectivity index (χ2v) is 5.04. The number of benzene rings is 2. The van der Waals surface area contributed by atoms with Crippen LogP contribution in [0.4, 0.5) is 0 Å². The van der Waals surface area contributed by atoms with Gasteiger partial charge in [0.2, 0.25) is 0 Å². The number of halogens is 1. The molecule has 0 aliphatic heterocycles. The van der Waals surface area contributed by atoms with Gasteiger partial charge in [0.05, 0.1) is 5.56 Å². The van der Waals surface area contributed by atoms with E-state index in [0.717, 1.165) is 10.9 Å². The molecule has 3 rings (SSSR count). The second kappa shape index (κ2) is 5.32. The fourth-order valence-corrected chi connectivity index (χ4v) is 2.38. The normalized spacial score (nSPS) is 10.2. The van der Waals surface area contributed by atoms with Crippen molar-refractivity contribution in [2.75, 3.05) is 0 Å². The molecule has 0 spiro atoms. The summed E-state index contributed by atoms with van der Waals surface area (Å²) in [7, 11) is 0. The second-order valence-electron chi connectivity index (χ2n) is 4.19. The van der Waals surface area contributed by atoms with Crippen molar-refractivity contribution >= 4 is 26.8 Å². The average Bonchev–Trinajstić information content (AvgIpc) is 2.48. The van der Waals surface area contributed by atoms with Crippen LogP contribution in [0.15, 0.2) is 59.2 Å². The molecule has 0 radical (unpaired) electrons. The molecule has 0 bridgehead atoms. The molecule has 0 saturated carbocycles. The number of aromatic nitrogens is 1. The quantitative estimate of drug-likeness (QED) is 0.688. The summed E-state index contributed by atoms with van der Waals surface area (Å²) in [4.78, 5) is 4.34. The molecule has 1 aromatic heterocycles. The highest BCUT2D eigenvalue weighted by Gasteiger charge is 2.06. The van der Waals surface area contributed by atoms with Crippen molar-refractivity contribution in [2.24, 2.45) is 0 Å². The Labute approximate surface area is 124 Å². The summed E-state index contributed by atoms with van der Waals surface area (Å²) in [6, 6.07) is 17.0. The van der Waals surface area contributed by atoms with Gasteiger partial charge in [0.1, 0.15) is 17.3 Å². The van der Waals surface area contributed by atoms with Crippen molar-refractivity contribution in [3.05, 3.63) is 64.8 Å². The predicted molar refractivity (Wildman–Crippen MR) is 80.7 cm³/mol. The predicted octanol–water partition coefficient (Wildman–Crippen LogP) is 4.66. The molecule has 2 aromatic carbocycles. The number of rotatable bonds is 2. The molecule has 0 atom stereocenters. The van der Waals surface area contributed by atoms with Crippen LogP contribution in [0.5, 0.6) is 11.5 Å². The Bertz CT molecular complexity index is 819. The van der Waals surface area contributed by atoms with Crippen LogP contribution in [0, 0.1) is 11.3 Å². The Balaban J connectivity index is 2.02. The van der Waals surface area contributed by atoms with E-state index in [4.69, 9.17) is 10.00 Å². The average molecular weight is 325 g/mol. The van der Waals surface area contributed by atoms with Gasteiger partial charge in [-0.05, 0) is 46.3 Å². The van der Waals surface area contributed by atoms with Crippen molar-refractivity contribution in [3.63, 3.8) is 0 Å². The first-order valence-electron chi connectivity index (χ1n) is 5.99. The van der Waals surface area contributed by atoms with E-state index >= 15 is 0 Å². The van der Waals surface area contributed by atoms with Gasteiger partial charge >= 0.3 is 0 Å². The third-order valence-electron chi connectivity index (χ3n) is 2.88. The van der Waals surface area contributed by atoms with E-state index in [1.807, 2.05) is 30.3 Å². The van der Waals surface area contributed by atoms with Crippen LogP contribution in [0.25, 0.3) is 10.9 Å². The molecule has 1 heterocycles. The summed E-state index contributed by atoms with van der Waals surface area (Å²) < 4.78 is 6.58. The number of hydrogen-bond donors (Lipinski definition) is 0. The van der Waals surface area contributed by atoms with Crippen LogP contribution in [-0.4, -0.2) is 4.98 Å². The molecule has 20 heavy (non-hydrogen) atoms. The van der Waals surface area contributed by atoms with Crippen molar-refractivity contribution in [2.45, 2.75) is 0 Å². The molecule has 0 saturated heterocycles. The van der Waals surface area contributed by atoms with E-state index in [9.17, 15) is 0 Å². The van der Waals surface area contributed by atoms with E-state index in [2.05, 4.69) is 27.0 Å². The molecule has 0 aliphatic rings. The summed E-state index contributed by atoms with van der Waals surface area (Å²) in [5.74, 6) is 1.36. The zero-order valence-corrected chi connectivity index (χ0v) is 12.0. The Kier molecular flexibility index (Phi) is 3.36. The Morgan fingerprint density at radius 3 is 2.75 bits per heavy atom. The molecule has 0 unspecified atom stereocenters. The van der Waals surface area contributed by atoms with Gasteiger partial charge in [-0.1, -0.05) is 18.2 Å². The van der Waals surface area contributed by atoms with Crippen molar-refractivity contribution in [3.8, 4) is 17.6 Å². The van der Waals surface area contributed by atoms with Crippen LogP contribution >= 0.6 is 15.9 Å². The lowest BCUT2D eigenvalue weighted by Gasteiger charge is -2.08. The van der Waals surface area contributed by atoms with Crippen LogP contribution in [0.1, 0.15) is 5.56 Å². The Hall–Kier alpha value is -2.38. The minimum Gasteiger partial charge on any atom is -0.455 e. The van der Waals surface area contributed by atoms with Crippen molar-refractivity contribution in [1.29, 1.82) is 5.26 Å². The third-order valence-corrected chi connectivity index (χ3v) is 3.54. The first-order valence-corrected chi connectivity index (χ1v) is 6.78. The summed E-state index contributed by atoms with van der Waals surface area (Å²) in [5, 5.41) is 9.94. The van der Waals surface area contributed by atoms with Crippen molar-refractivity contribution < 1.29 is 4.74 Å². The standard InChI is InChI=1S/C16H9BrN2O/c17-14-9-13(7-6-12(14)10-18)20-15-5-1-3-11-4-2-8-19-16(11)15/h1-9H. The van der Waals surface area contributed by atoms with Crippen LogP contribution < -0.4 is 4.74 Å². The van der Waals surface area contributed by atoms with Gasteiger partial charge in [0, 0.05) is 16.1 Å². The third kappa shape index (κ3) is 2.36. The van der Waals surface area contributed by atoms with E-state index in [-0.39, 0.29) is 0 Å². The molecule has 96 valence electrons. The lowest BCUT2D eigenvalue weighted by molar-refractivity contribution is 0.487. The maximum Gasteiger partial charge on any atom is 0.153 e. The molecule has 4 heteroatoms. The number of hydrogen-bond acceptors (Lipinski definition) is 3. The summed E-state index contributed by atoms with van der Waals surface area (Å²) in [6.07, 6.45) is 1.74. The first-order chi connectivity index (χ1) is 9.78. The fraction of sp³-hybridized carbons (Fsp3) is 0. The summed E-state index contributed by atoms with van der Waals surface area (Å²) in [6.45, 7) is 0. The monoisotopic (exact) mass is 324 g/mol. The lowest BCUT2D eigenvalue weighted by Crippen LogP contribution is -1.88. The molecule has 0 aliphatic carbocycles. The highest BCUT2D eigenvalue weighted by atomic mass is 79.9. The van der Waals surface area contributed by atoms with E-state index in [0.29, 0.717) is 21.5 Å². The summed E-state index contributed by atoms with van der Waals surface area (Å²) >= 11 is 3.35. The minimum absolute atomic E-state index is 0.577. The van der Waals surface area contributed by atoms with E-state index in [1.165, 1.54) is 0 Å². The number of pyridine rings is 1. The van der Waals surface area contributed by atoms with Gasteiger partial charge in [-0.25, -0.2) is 0 Å². The van der Waals surface area contributed by atoms with Crippen LogP contribution in [0.2, 0.25) is 0 Å². The number of fused-ring (bicyclic) bond motifs is 1. The number of nitrogens with zero attached hydrogens (tertiary/aromatic N) is 2. The zero-order chi connectivity index (χ0) is 13.9. The van der Waals surface area contributed by atoms with Crippen molar-refractivity contribution in [1.82, 2.24) is 4.98 Å². The van der Waals surface area contributed by atoms with Gasteiger partial charge in [-0.3, -0.25) is 4.98 Å². The Morgan fingerprint density at radius 2 is 1.95 bits per heavy atom. The molecule has 0 fully saturated rings. The first kappa shape index (κ1) is 12.6. The SMILES string of the molecule is N#Cc1ccc(Oc2cccc3cccnc23)cc1Br. The van der Waals surface area contributed by atoms with Gasteiger partial charge < -0.3 is 4.74 Å². The highest BCUT2D eigenvalue weighted by molar-refractivity contribution is 9.10. The molecule has 0 amide bonds. The fourth-order valence-electron chi connectivity index (χ4n) is 1.94. The zero-order valence-electron chi connectivity index (χ0n) is 10.4. The van der Waals surface area contributed by atoms with E-state index < -0.39 is 0 Å². The lowest BCUT2D eigenvalue weighted by atomic mass is 10.2. The van der Waals surface area contributed by atoms with Crippen LogP contribution in [-0.2, 0) is 0 Å². The van der Waals surface area contributed by atoms with E-state index in [1.54, 1.807) is 24.4 Å². The smallest absolute Gasteiger partial charge is 0.153 e. The van der Waals surface area contributed by atoms with Gasteiger partial charge in [0.25, 0.3) is 0 Å². The van der Waals surface area contributed by atoms with Gasteiger partial charge in [-0.15, -0.1) is 0 Å². The number of para-hydroxylation sites is 1. The van der Waals surface area contributed by atoms with Gasteiger partial charge in [0.15, 0.2) is 5.75 Å². The Morgan fingerprint density at radius 1 is 1.10 bits per heavy atom. The minimum atomic E-state index is 0.577. The molecule has 3 nitrogen and oxygen atoms in total. The van der Waals surface area contributed by atoms with Gasteiger partial charge in [-0.2, -0.15) is 5.26 Å². The molecule has 0 N–H and O–H groups in total. The maximum atomic E-state index is 8.91. The molecular formula is C16H9BrN2O. The topological polar surface area (TPSA) is 45.9 Å². The maximum absolute atomic E-state index is 8.91. The molecular weight excluding hydrogens is 316 g/mol. The highest BCUT2D eigenvalue weighted by Crippen LogP contribution is 2.30. The number of ether oxygens (including phenoxy) is 1. The van der Waals surface area contributed by atoms with Crippen LogP contribution in [0.3, 0.4) is 0 Å².